The summed E-state index contributed by atoms with van der Waals surface area (Å²) in [4.78, 5) is 4.56. The third-order valence-corrected chi connectivity index (χ3v) is 7.19. The van der Waals surface area contributed by atoms with Crippen molar-refractivity contribution in [3.05, 3.63) is 59.6 Å². The zero-order valence-corrected chi connectivity index (χ0v) is 19.0. The summed E-state index contributed by atoms with van der Waals surface area (Å²) in [6.45, 7) is 6.06. The third-order valence-electron chi connectivity index (χ3n) is 7.19. The molecule has 5 heteroatoms. The molecule has 0 atom stereocenters. The van der Waals surface area contributed by atoms with Gasteiger partial charge in [0.15, 0.2) is 5.82 Å². The highest BCUT2D eigenvalue weighted by Crippen LogP contribution is 2.36. The quantitative estimate of drug-likeness (QED) is 0.751. The Hall–Kier alpha value is -2.27. The van der Waals surface area contributed by atoms with E-state index in [2.05, 4.69) is 76.4 Å². The van der Waals surface area contributed by atoms with Crippen molar-refractivity contribution in [2.75, 3.05) is 34.2 Å². The molecule has 4 aliphatic rings. The second kappa shape index (κ2) is 8.84. The smallest absolute Gasteiger partial charge is 0.268 e. The van der Waals surface area contributed by atoms with Crippen LogP contribution >= 0.6 is 0 Å². The molecule has 0 amide bonds. The predicted octanol–water partition coefficient (Wildman–Crippen LogP) is 2.90. The molecule has 0 unspecified atom stereocenters. The van der Waals surface area contributed by atoms with Gasteiger partial charge in [-0.05, 0) is 49.9 Å². The molecule has 0 aromatic heterocycles. The fourth-order valence-electron chi connectivity index (χ4n) is 5.07. The van der Waals surface area contributed by atoms with Gasteiger partial charge >= 0.3 is 0 Å². The minimum Gasteiger partial charge on any atom is -0.370 e. The molecule has 1 aromatic carbocycles. The number of nitrogens with zero attached hydrogens (tertiary/aromatic N) is 3. The zero-order chi connectivity index (χ0) is 21.1. The maximum Gasteiger partial charge on any atom is 0.268 e. The van der Waals surface area contributed by atoms with Gasteiger partial charge in [-0.15, -0.1) is 5.43 Å². The van der Waals surface area contributed by atoms with Crippen LogP contribution in [-0.4, -0.2) is 66.5 Å². The molecule has 2 aliphatic carbocycles. The van der Waals surface area contributed by atoms with Crippen LogP contribution in [0.15, 0.2) is 48.4 Å². The summed E-state index contributed by atoms with van der Waals surface area (Å²) in [5.74, 6) is 1.18. The van der Waals surface area contributed by atoms with Crippen molar-refractivity contribution in [3.8, 4) is 0 Å². The molecule has 30 heavy (non-hydrogen) atoms. The number of allylic oxidation sites excluding steroid dienone is 1. The number of rotatable bonds is 4. The normalized spacial score (nSPS) is 22.3. The zero-order valence-electron chi connectivity index (χ0n) is 19.0. The molecule has 0 saturated heterocycles. The van der Waals surface area contributed by atoms with Gasteiger partial charge in [0.2, 0.25) is 6.21 Å². The summed E-state index contributed by atoms with van der Waals surface area (Å²) in [5.41, 5.74) is 8.18. The Morgan fingerprint density at radius 1 is 1.03 bits per heavy atom. The van der Waals surface area contributed by atoms with E-state index < -0.39 is 0 Å². The summed E-state index contributed by atoms with van der Waals surface area (Å²) >= 11 is 0. The molecule has 1 saturated carbocycles. The van der Waals surface area contributed by atoms with Crippen LogP contribution in [0.5, 0.6) is 0 Å². The van der Waals surface area contributed by atoms with Crippen molar-refractivity contribution < 1.29 is 4.68 Å². The van der Waals surface area contributed by atoms with E-state index in [9.17, 15) is 0 Å². The number of benzene rings is 1. The number of hydrogen-bond acceptors (Lipinski definition) is 4. The van der Waals surface area contributed by atoms with E-state index in [4.69, 9.17) is 0 Å². The highest BCUT2D eigenvalue weighted by Gasteiger charge is 2.57. The van der Waals surface area contributed by atoms with Crippen LogP contribution in [-0.2, 0) is 12.8 Å². The van der Waals surface area contributed by atoms with Gasteiger partial charge in [-0.3, -0.25) is 0 Å². The Morgan fingerprint density at radius 3 is 2.27 bits per heavy atom. The van der Waals surface area contributed by atoms with E-state index in [1.54, 1.807) is 0 Å². The third kappa shape index (κ3) is 4.27. The summed E-state index contributed by atoms with van der Waals surface area (Å²) in [7, 11) is 6.32. The lowest BCUT2D eigenvalue weighted by molar-refractivity contribution is -0.562. The Morgan fingerprint density at radius 2 is 1.67 bits per heavy atom. The van der Waals surface area contributed by atoms with Crippen molar-refractivity contribution in [1.29, 1.82) is 0 Å². The van der Waals surface area contributed by atoms with E-state index in [-0.39, 0.29) is 0 Å². The monoisotopic (exact) mass is 408 g/mol. The maximum atomic E-state index is 3.96. The molecular weight excluding hydrogens is 370 g/mol. The molecule has 5 nitrogen and oxygen atoms in total. The number of hydrazone groups is 1. The van der Waals surface area contributed by atoms with Crippen molar-refractivity contribution in [2.24, 2.45) is 0 Å². The van der Waals surface area contributed by atoms with Gasteiger partial charge in [-0.1, -0.05) is 41.9 Å². The van der Waals surface area contributed by atoms with Crippen LogP contribution in [0.1, 0.15) is 43.2 Å². The van der Waals surface area contributed by atoms with E-state index in [1.165, 1.54) is 67.6 Å². The van der Waals surface area contributed by atoms with Crippen molar-refractivity contribution >= 4 is 6.21 Å². The van der Waals surface area contributed by atoms with Gasteiger partial charge in [-0.2, -0.15) is 0 Å². The number of likely N-dealkylation sites (N-methyl/N-ethyl adjacent to an activating group) is 3. The average Bonchev–Trinajstić information content (AvgIpc) is 3.23. The first kappa shape index (κ1) is 21.0. The summed E-state index contributed by atoms with van der Waals surface area (Å²) < 4.78 is 2.32. The lowest BCUT2D eigenvalue weighted by Gasteiger charge is -2.34. The van der Waals surface area contributed by atoms with Gasteiger partial charge < -0.3 is 15.1 Å². The summed E-state index contributed by atoms with van der Waals surface area (Å²) in [6, 6.07) is 9.38. The van der Waals surface area contributed by atoms with Gasteiger partial charge in [0.05, 0.1) is 5.70 Å². The Labute approximate surface area is 182 Å². The Bertz CT molecular complexity index is 809. The average molecular weight is 409 g/mol. The Kier molecular flexibility index (Phi) is 6.19. The molecule has 162 valence electrons. The molecule has 0 bridgehead atoms. The number of nitrogens with one attached hydrogen (secondary N) is 2. The topological polar surface area (TPSA) is 33.6 Å². The Balaban J connectivity index is 0.000000168. The number of hydrazine groups is 1. The SMILES string of the molecule is C=CC1=C(N[N+]2=CC23CCCCC3)N(C)CCN1C.CNC1Cc2ccccc2C1. The second-order valence-electron chi connectivity index (χ2n) is 9.22. The van der Waals surface area contributed by atoms with Crippen molar-refractivity contribution in [2.45, 2.75) is 56.5 Å². The molecule has 1 aromatic rings. The maximum absolute atomic E-state index is 3.96. The van der Waals surface area contributed by atoms with Crippen LogP contribution in [0.25, 0.3) is 0 Å². The largest absolute Gasteiger partial charge is 0.370 e. The van der Waals surface area contributed by atoms with E-state index >= 15 is 0 Å². The lowest BCUT2D eigenvalue weighted by atomic mass is 9.88. The first-order valence-electron chi connectivity index (χ1n) is 11.5. The standard InChI is InChI=1S/C15H25N4.C10H13N/c1-4-13-14(18(3)11-10-17(13)2)16-19-12-15(19)8-6-5-7-9-15;1-11-10-6-8-4-2-3-5-9(8)7-10/h4,12,16H,1,5-11H2,2-3H3;2-5,10-11H,6-7H2,1H3/q+1;. The number of hydrogen-bond donors (Lipinski definition) is 2. The second-order valence-corrected chi connectivity index (χ2v) is 9.22. The van der Waals surface area contributed by atoms with Crippen LogP contribution in [0.2, 0.25) is 0 Å². The van der Waals surface area contributed by atoms with Crippen molar-refractivity contribution in [1.82, 2.24) is 20.5 Å². The first-order valence-corrected chi connectivity index (χ1v) is 11.5. The predicted molar refractivity (Wildman–Crippen MR) is 124 cm³/mol. The molecule has 2 N–H and O–H groups in total. The molecule has 0 radical (unpaired) electrons. The summed E-state index contributed by atoms with van der Waals surface area (Å²) in [5, 5.41) is 3.31. The first-order chi connectivity index (χ1) is 14.6. The molecular formula is C25H38N5+. The molecule has 1 spiro atoms. The van der Waals surface area contributed by atoms with E-state index in [0.717, 1.165) is 13.1 Å². The molecule has 2 aliphatic heterocycles. The van der Waals surface area contributed by atoms with Crippen LogP contribution in [0, 0.1) is 0 Å². The van der Waals surface area contributed by atoms with Gasteiger partial charge in [-0.25, -0.2) is 0 Å². The molecule has 5 rings (SSSR count). The number of fused-ring (bicyclic) bond motifs is 1. The lowest BCUT2D eigenvalue weighted by Crippen LogP contribution is -2.45. The van der Waals surface area contributed by atoms with Crippen molar-refractivity contribution in [3.63, 3.8) is 0 Å². The van der Waals surface area contributed by atoms with Gasteiger partial charge in [0.1, 0.15) is 0 Å². The minimum atomic E-state index is 0.342. The van der Waals surface area contributed by atoms with Crippen LogP contribution in [0.4, 0.5) is 0 Å². The van der Waals surface area contributed by atoms with Gasteiger partial charge in [0, 0.05) is 46.1 Å². The van der Waals surface area contributed by atoms with E-state index in [1.807, 2.05) is 13.1 Å². The summed E-state index contributed by atoms with van der Waals surface area (Å²) in [6.07, 6.45) is 13.4. The molecule has 2 heterocycles. The molecule has 1 fully saturated rings. The fraction of sp³-hybridized carbons (Fsp3) is 0.560. The fourth-order valence-corrected chi connectivity index (χ4v) is 5.07. The highest BCUT2D eigenvalue weighted by atomic mass is 15.6. The highest BCUT2D eigenvalue weighted by molar-refractivity contribution is 5.73. The van der Waals surface area contributed by atoms with Crippen LogP contribution in [0.3, 0.4) is 0 Å². The van der Waals surface area contributed by atoms with Gasteiger partial charge in [0.25, 0.3) is 5.54 Å². The van der Waals surface area contributed by atoms with E-state index in [0.29, 0.717) is 11.6 Å². The van der Waals surface area contributed by atoms with Crippen LogP contribution < -0.4 is 10.7 Å². The minimum absolute atomic E-state index is 0.342.